The normalized spacial score (nSPS) is 11.9. The Balaban J connectivity index is 1.74. The summed E-state index contributed by atoms with van der Waals surface area (Å²) in [7, 11) is -3.40. The summed E-state index contributed by atoms with van der Waals surface area (Å²) in [6.45, 7) is 0. The summed E-state index contributed by atoms with van der Waals surface area (Å²) in [6, 6.07) is 16.5. The third kappa shape index (κ3) is 4.50. The van der Waals surface area contributed by atoms with Gasteiger partial charge in [0.1, 0.15) is 15.8 Å². The molecule has 3 aromatic rings. The first-order valence-electron chi connectivity index (χ1n) is 7.06. The van der Waals surface area contributed by atoms with E-state index in [0.29, 0.717) is 15.0 Å². The zero-order chi connectivity index (χ0) is 17.0. The van der Waals surface area contributed by atoms with Gasteiger partial charge in [0.2, 0.25) is 0 Å². The highest BCUT2D eigenvalue weighted by atomic mass is 35.5. The molecule has 122 valence electrons. The fourth-order valence-electron chi connectivity index (χ4n) is 1.99. The van der Waals surface area contributed by atoms with Crippen molar-refractivity contribution in [1.82, 2.24) is 10.2 Å². The van der Waals surface area contributed by atoms with E-state index in [1.807, 2.05) is 42.5 Å². The number of nitrogens with zero attached hydrogens (tertiary/aromatic N) is 2. The Morgan fingerprint density at radius 2 is 1.71 bits per heavy atom. The predicted molar refractivity (Wildman–Crippen MR) is 98.5 cm³/mol. The number of benzene rings is 2. The first-order valence-corrected chi connectivity index (χ1v) is 9.97. The summed E-state index contributed by atoms with van der Waals surface area (Å²) in [5.41, 5.74) is 1.69. The van der Waals surface area contributed by atoms with Crippen LogP contribution in [-0.2, 0) is 15.6 Å². The lowest BCUT2D eigenvalue weighted by atomic mass is 10.2. The molecule has 0 radical (unpaired) electrons. The van der Waals surface area contributed by atoms with E-state index in [1.165, 1.54) is 16.7 Å². The summed E-state index contributed by atoms with van der Waals surface area (Å²) in [5, 5.41) is 11.0. The highest BCUT2D eigenvalue weighted by Gasteiger charge is 2.13. The lowest BCUT2D eigenvalue weighted by molar-refractivity contribution is 0.603. The van der Waals surface area contributed by atoms with Gasteiger partial charge in [0.15, 0.2) is 9.84 Å². The van der Waals surface area contributed by atoms with Gasteiger partial charge in [-0.25, -0.2) is 8.42 Å². The van der Waals surface area contributed by atoms with Crippen LogP contribution >= 0.6 is 22.9 Å². The van der Waals surface area contributed by atoms with Crippen LogP contribution in [0.5, 0.6) is 0 Å². The van der Waals surface area contributed by atoms with Crippen LogP contribution < -0.4 is 0 Å². The molecule has 2 aromatic carbocycles. The summed E-state index contributed by atoms with van der Waals surface area (Å²) >= 11 is 7.12. The van der Waals surface area contributed by atoms with Crippen molar-refractivity contribution in [2.75, 3.05) is 0 Å². The molecular weight excluding hydrogens is 364 g/mol. The third-order valence-electron chi connectivity index (χ3n) is 3.15. The molecule has 0 saturated carbocycles. The van der Waals surface area contributed by atoms with Crippen molar-refractivity contribution in [2.24, 2.45) is 0 Å². The molecule has 1 aromatic heterocycles. The maximum Gasteiger partial charge on any atom is 0.178 e. The SMILES string of the molecule is O=S(=O)(/C=C\c1ccccc1)Cc1nnc(-c2ccc(Cl)cc2)s1. The maximum atomic E-state index is 12.2. The first-order chi connectivity index (χ1) is 11.5. The fraction of sp³-hybridized carbons (Fsp3) is 0.0588. The van der Waals surface area contributed by atoms with Crippen molar-refractivity contribution in [3.8, 4) is 10.6 Å². The molecule has 0 fully saturated rings. The monoisotopic (exact) mass is 376 g/mol. The van der Waals surface area contributed by atoms with Crippen molar-refractivity contribution in [2.45, 2.75) is 5.75 Å². The van der Waals surface area contributed by atoms with Crippen LogP contribution in [0.25, 0.3) is 16.6 Å². The maximum absolute atomic E-state index is 12.2. The van der Waals surface area contributed by atoms with Gasteiger partial charge >= 0.3 is 0 Å². The van der Waals surface area contributed by atoms with Crippen LogP contribution in [0.1, 0.15) is 10.6 Å². The lowest BCUT2D eigenvalue weighted by Gasteiger charge is -1.96. The molecule has 0 unspecified atom stereocenters. The molecule has 0 atom stereocenters. The molecule has 7 heteroatoms. The van der Waals surface area contributed by atoms with Gasteiger partial charge in [0.25, 0.3) is 0 Å². The minimum absolute atomic E-state index is 0.165. The second-order valence-electron chi connectivity index (χ2n) is 5.03. The van der Waals surface area contributed by atoms with Gasteiger partial charge in [-0.3, -0.25) is 0 Å². The summed E-state index contributed by atoms with van der Waals surface area (Å²) in [4.78, 5) is 0. The summed E-state index contributed by atoms with van der Waals surface area (Å²) < 4.78 is 24.4. The van der Waals surface area contributed by atoms with Crippen LogP contribution in [0.4, 0.5) is 0 Å². The molecule has 0 N–H and O–H groups in total. The van der Waals surface area contributed by atoms with Gasteiger partial charge in [0, 0.05) is 16.0 Å². The van der Waals surface area contributed by atoms with E-state index in [0.717, 1.165) is 11.1 Å². The number of rotatable bonds is 5. The molecule has 0 aliphatic carbocycles. The Hall–Kier alpha value is -2.02. The van der Waals surface area contributed by atoms with E-state index in [1.54, 1.807) is 18.2 Å². The van der Waals surface area contributed by atoms with E-state index < -0.39 is 9.84 Å². The Morgan fingerprint density at radius 3 is 2.42 bits per heavy atom. The van der Waals surface area contributed by atoms with Crippen molar-refractivity contribution < 1.29 is 8.42 Å². The van der Waals surface area contributed by atoms with E-state index in [2.05, 4.69) is 10.2 Å². The van der Waals surface area contributed by atoms with Gasteiger partial charge < -0.3 is 0 Å². The minimum Gasteiger partial charge on any atom is -0.224 e. The first kappa shape index (κ1) is 16.8. The Morgan fingerprint density at radius 1 is 1.00 bits per heavy atom. The molecule has 0 bridgehead atoms. The summed E-state index contributed by atoms with van der Waals surface area (Å²) in [5.74, 6) is -0.165. The van der Waals surface area contributed by atoms with Crippen molar-refractivity contribution in [1.29, 1.82) is 0 Å². The second kappa shape index (κ2) is 7.25. The molecule has 0 spiro atoms. The van der Waals surface area contributed by atoms with Crippen LogP contribution in [-0.4, -0.2) is 18.6 Å². The van der Waals surface area contributed by atoms with E-state index in [9.17, 15) is 8.42 Å². The van der Waals surface area contributed by atoms with Crippen LogP contribution in [0, 0.1) is 0 Å². The average Bonchev–Trinajstić information content (AvgIpc) is 3.02. The molecule has 0 amide bonds. The smallest absolute Gasteiger partial charge is 0.178 e. The van der Waals surface area contributed by atoms with Crippen LogP contribution in [0.2, 0.25) is 5.02 Å². The van der Waals surface area contributed by atoms with Gasteiger partial charge in [-0.15, -0.1) is 10.2 Å². The van der Waals surface area contributed by atoms with Crippen LogP contribution in [0.3, 0.4) is 0 Å². The molecule has 0 aliphatic rings. The largest absolute Gasteiger partial charge is 0.224 e. The Labute approximate surface area is 149 Å². The van der Waals surface area contributed by atoms with E-state index in [4.69, 9.17) is 11.6 Å². The molecule has 0 aliphatic heterocycles. The van der Waals surface area contributed by atoms with Gasteiger partial charge in [-0.2, -0.15) is 0 Å². The van der Waals surface area contributed by atoms with Crippen molar-refractivity contribution in [3.05, 3.63) is 75.6 Å². The second-order valence-corrected chi connectivity index (χ2v) is 8.41. The van der Waals surface area contributed by atoms with Gasteiger partial charge in [0.05, 0.1) is 0 Å². The van der Waals surface area contributed by atoms with Crippen molar-refractivity contribution in [3.63, 3.8) is 0 Å². The predicted octanol–water partition coefficient (Wildman–Crippen LogP) is 4.44. The molecule has 3 rings (SSSR count). The van der Waals surface area contributed by atoms with E-state index in [-0.39, 0.29) is 5.75 Å². The number of sulfone groups is 1. The number of halogens is 1. The Bertz CT molecular complexity index is 950. The average molecular weight is 377 g/mol. The molecule has 24 heavy (non-hydrogen) atoms. The van der Waals surface area contributed by atoms with Gasteiger partial charge in [-0.05, 0) is 23.8 Å². The minimum atomic E-state index is -3.40. The van der Waals surface area contributed by atoms with Crippen LogP contribution in [0.15, 0.2) is 60.0 Å². The molecular formula is C17H13ClN2O2S2. The zero-order valence-electron chi connectivity index (χ0n) is 12.5. The van der Waals surface area contributed by atoms with Gasteiger partial charge in [-0.1, -0.05) is 65.4 Å². The standard InChI is InChI=1S/C17H13ClN2O2S2/c18-15-8-6-14(7-9-15)17-20-19-16(23-17)12-24(21,22)11-10-13-4-2-1-3-5-13/h1-11H,12H2/b11-10-. The van der Waals surface area contributed by atoms with E-state index >= 15 is 0 Å². The molecule has 4 nitrogen and oxygen atoms in total. The van der Waals surface area contributed by atoms with Crippen molar-refractivity contribution >= 4 is 38.9 Å². The molecule has 1 heterocycles. The molecule has 0 saturated heterocycles. The number of hydrogen-bond acceptors (Lipinski definition) is 5. The third-order valence-corrected chi connectivity index (χ3v) is 5.78. The Kier molecular flexibility index (Phi) is 5.08. The number of aromatic nitrogens is 2. The zero-order valence-corrected chi connectivity index (χ0v) is 14.9. The number of hydrogen-bond donors (Lipinski definition) is 0. The topological polar surface area (TPSA) is 59.9 Å². The fourth-order valence-corrected chi connectivity index (χ4v) is 4.35. The quantitative estimate of drug-likeness (QED) is 0.660. The lowest BCUT2D eigenvalue weighted by Crippen LogP contribution is -1.99. The highest BCUT2D eigenvalue weighted by molar-refractivity contribution is 7.93. The summed E-state index contributed by atoms with van der Waals surface area (Å²) in [6.07, 6.45) is 1.58. The highest BCUT2D eigenvalue weighted by Crippen LogP contribution is 2.26.